The van der Waals surface area contributed by atoms with Crippen LogP contribution in [0, 0.1) is 17.6 Å². The van der Waals surface area contributed by atoms with Crippen LogP contribution in [0.3, 0.4) is 0 Å². The van der Waals surface area contributed by atoms with E-state index in [1.54, 1.807) is 0 Å². The van der Waals surface area contributed by atoms with Crippen molar-refractivity contribution in [3.05, 3.63) is 35.4 Å². The maximum absolute atomic E-state index is 13.6. The third kappa shape index (κ3) is 4.01. The van der Waals surface area contributed by atoms with Gasteiger partial charge in [-0.25, -0.2) is 8.78 Å². The van der Waals surface area contributed by atoms with Gasteiger partial charge in [0.05, 0.1) is 11.7 Å². The molecule has 122 valence electrons. The smallest absolute Gasteiger partial charge is 0.223 e. The Morgan fingerprint density at radius 3 is 2.50 bits per heavy atom. The minimum Gasteiger partial charge on any atom is -0.387 e. The van der Waals surface area contributed by atoms with Gasteiger partial charge in [0.25, 0.3) is 0 Å². The van der Waals surface area contributed by atoms with E-state index in [-0.39, 0.29) is 23.9 Å². The number of nitrogens with zero attached hydrogens (tertiary/aromatic N) is 1. The zero-order valence-corrected chi connectivity index (χ0v) is 12.7. The van der Waals surface area contributed by atoms with Gasteiger partial charge in [-0.1, -0.05) is 6.07 Å². The first kappa shape index (κ1) is 16.8. The standard InChI is InChI=1S/C16H22F2N2O2/c1-2-19-16(22)11-6-8-20(9-7-11)10-14(21)15-12(17)4-3-5-13(15)18/h3-5,11,14,21H,2,6-10H2,1H3,(H,19,22). The average molecular weight is 312 g/mol. The molecule has 1 heterocycles. The van der Waals surface area contributed by atoms with E-state index in [9.17, 15) is 18.7 Å². The number of carbonyl (C=O) groups excluding carboxylic acids is 1. The highest BCUT2D eigenvalue weighted by molar-refractivity contribution is 5.78. The Hall–Kier alpha value is -1.53. The second-order valence-corrected chi connectivity index (χ2v) is 5.62. The van der Waals surface area contributed by atoms with Gasteiger partial charge < -0.3 is 15.3 Å². The number of β-amino-alcohol motifs (C(OH)–C–C–N with tert-alkyl or cyclic N) is 1. The number of piperidine rings is 1. The van der Waals surface area contributed by atoms with Crippen molar-refractivity contribution >= 4 is 5.91 Å². The summed E-state index contributed by atoms with van der Waals surface area (Å²) in [5.74, 6) is -1.42. The van der Waals surface area contributed by atoms with Crippen molar-refractivity contribution in [2.45, 2.75) is 25.9 Å². The molecule has 22 heavy (non-hydrogen) atoms. The molecule has 0 saturated carbocycles. The molecule has 1 aromatic carbocycles. The first-order valence-electron chi connectivity index (χ1n) is 7.65. The number of aliphatic hydroxyl groups is 1. The summed E-state index contributed by atoms with van der Waals surface area (Å²) in [5, 5.41) is 12.9. The number of amides is 1. The van der Waals surface area contributed by atoms with Crippen LogP contribution in [-0.2, 0) is 4.79 Å². The molecule has 1 aromatic rings. The highest BCUT2D eigenvalue weighted by Crippen LogP contribution is 2.24. The summed E-state index contributed by atoms with van der Waals surface area (Å²) in [7, 11) is 0. The zero-order chi connectivity index (χ0) is 16.1. The molecule has 4 nitrogen and oxygen atoms in total. The quantitative estimate of drug-likeness (QED) is 0.872. The molecular formula is C16H22F2N2O2. The van der Waals surface area contributed by atoms with Gasteiger partial charge in [0.15, 0.2) is 0 Å². The average Bonchev–Trinajstić information content (AvgIpc) is 2.48. The molecule has 1 atom stereocenters. The van der Waals surface area contributed by atoms with Crippen LogP contribution in [0.25, 0.3) is 0 Å². The van der Waals surface area contributed by atoms with Crippen LogP contribution in [0.15, 0.2) is 18.2 Å². The van der Waals surface area contributed by atoms with Gasteiger partial charge >= 0.3 is 0 Å². The molecule has 6 heteroatoms. The van der Waals surface area contributed by atoms with E-state index in [1.807, 2.05) is 11.8 Å². The number of carbonyl (C=O) groups is 1. The first-order valence-corrected chi connectivity index (χ1v) is 7.65. The van der Waals surface area contributed by atoms with Crippen LogP contribution in [-0.4, -0.2) is 42.1 Å². The normalized spacial score (nSPS) is 18.2. The molecule has 1 fully saturated rings. The summed E-state index contributed by atoms with van der Waals surface area (Å²) in [6, 6.07) is 3.56. The van der Waals surface area contributed by atoms with Crippen molar-refractivity contribution in [3.8, 4) is 0 Å². The maximum atomic E-state index is 13.6. The molecule has 1 amide bonds. The molecule has 2 N–H and O–H groups in total. The van der Waals surface area contributed by atoms with E-state index in [2.05, 4.69) is 5.32 Å². The highest BCUT2D eigenvalue weighted by Gasteiger charge is 2.27. The van der Waals surface area contributed by atoms with Crippen molar-refractivity contribution < 1.29 is 18.7 Å². The largest absolute Gasteiger partial charge is 0.387 e. The van der Waals surface area contributed by atoms with Crippen molar-refractivity contribution in [1.29, 1.82) is 0 Å². The van der Waals surface area contributed by atoms with E-state index in [1.165, 1.54) is 6.07 Å². The van der Waals surface area contributed by atoms with Gasteiger partial charge in [0.2, 0.25) is 5.91 Å². The summed E-state index contributed by atoms with van der Waals surface area (Å²) in [4.78, 5) is 13.7. The molecule has 0 aromatic heterocycles. The fourth-order valence-corrected chi connectivity index (χ4v) is 2.86. The van der Waals surface area contributed by atoms with Crippen LogP contribution in [0.4, 0.5) is 8.78 Å². The zero-order valence-electron chi connectivity index (χ0n) is 12.7. The van der Waals surface area contributed by atoms with Crippen LogP contribution >= 0.6 is 0 Å². The van der Waals surface area contributed by atoms with Crippen LogP contribution in [0.5, 0.6) is 0 Å². The minimum absolute atomic E-state index is 0.0152. The summed E-state index contributed by atoms with van der Waals surface area (Å²) >= 11 is 0. The van der Waals surface area contributed by atoms with Gasteiger partial charge in [-0.15, -0.1) is 0 Å². The third-order valence-corrected chi connectivity index (χ3v) is 4.07. The van der Waals surface area contributed by atoms with Gasteiger partial charge in [0, 0.05) is 19.0 Å². The second-order valence-electron chi connectivity index (χ2n) is 5.62. The monoisotopic (exact) mass is 312 g/mol. The van der Waals surface area contributed by atoms with E-state index < -0.39 is 17.7 Å². The van der Waals surface area contributed by atoms with Crippen LogP contribution in [0.2, 0.25) is 0 Å². The number of halogens is 2. The number of likely N-dealkylation sites (tertiary alicyclic amines) is 1. The molecule has 1 aliphatic rings. The number of hydrogen-bond acceptors (Lipinski definition) is 3. The van der Waals surface area contributed by atoms with Crippen molar-refractivity contribution in [2.75, 3.05) is 26.2 Å². The molecule has 0 bridgehead atoms. The number of aliphatic hydroxyl groups excluding tert-OH is 1. The fraction of sp³-hybridized carbons (Fsp3) is 0.562. The predicted octanol–water partition coefficient (Wildman–Crippen LogP) is 1.85. The van der Waals surface area contributed by atoms with E-state index in [0.29, 0.717) is 32.5 Å². The maximum Gasteiger partial charge on any atom is 0.223 e. The molecular weight excluding hydrogens is 290 g/mol. The number of hydrogen-bond donors (Lipinski definition) is 2. The Bertz CT molecular complexity index is 497. The predicted molar refractivity (Wildman–Crippen MR) is 79.2 cm³/mol. The molecule has 2 rings (SSSR count). The number of rotatable bonds is 5. The van der Waals surface area contributed by atoms with Crippen molar-refractivity contribution in [1.82, 2.24) is 10.2 Å². The topological polar surface area (TPSA) is 52.6 Å². The lowest BCUT2D eigenvalue weighted by Crippen LogP contribution is -2.42. The van der Waals surface area contributed by atoms with E-state index >= 15 is 0 Å². The van der Waals surface area contributed by atoms with Gasteiger partial charge in [-0.2, -0.15) is 0 Å². The Labute approximate surface area is 129 Å². The lowest BCUT2D eigenvalue weighted by Gasteiger charge is -2.32. The van der Waals surface area contributed by atoms with Crippen LogP contribution < -0.4 is 5.32 Å². The molecule has 0 spiro atoms. The van der Waals surface area contributed by atoms with Gasteiger partial charge in [0.1, 0.15) is 11.6 Å². The Kier molecular flexibility index (Phi) is 5.85. The summed E-state index contributed by atoms with van der Waals surface area (Å²) in [6.45, 7) is 3.93. The lowest BCUT2D eigenvalue weighted by molar-refractivity contribution is -0.126. The van der Waals surface area contributed by atoms with E-state index in [4.69, 9.17) is 0 Å². The summed E-state index contributed by atoms with van der Waals surface area (Å²) < 4.78 is 27.3. The van der Waals surface area contributed by atoms with Crippen LogP contribution in [0.1, 0.15) is 31.4 Å². The summed E-state index contributed by atoms with van der Waals surface area (Å²) in [5.41, 5.74) is -0.284. The summed E-state index contributed by atoms with van der Waals surface area (Å²) in [6.07, 6.45) is 0.179. The first-order chi connectivity index (χ1) is 10.5. The molecule has 1 aliphatic heterocycles. The minimum atomic E-state index is -1.21. The fourth-order valence-electron chi connectivity index (χ4n) is 2.86. The number of nitrogens with one attached hydrogen (secondary N) is 1. The highest BCUT2D eigenvalue weighted by atomic mass is 19.1. The van der Waals surface area contributed by atoms with Crippen molar-refractivity contribution in [2.24, 2.45) is 5.92 Å². The molecule has 0 radical (unpaired) electrons. The van der Waals surface area contributed by atoms with Gasteiger partial charge in [-0.05, 0) is 45.0 Å². The SMILES string of the molecule is CCNC(=O)C1CCN(CC(O)c2c(F)cccc2F)CC1. The molecule has 1 unspecified atom stereocenters. The van der Waals surface area contributed by atoms with Crippen molar-refractivity contribution in [3.63, 3.8) is 0 Å². The Morgan fingerprint density at radius 1 is 1.36 bits per heavy atom. The van der Waals surface area contributed by atoms with E-state index in [0.717, 1.165) is 12.1 Å². The Morgan fingerprint density at radius 2 is 1.95 bits per heavy atom. The third-order valence-electron chi connectivity index (χ3n) is 4.07. The Balaban J connectivity index is 1.89. The number of benzene rings is 1. The molecule has 0 aliphatic carbocycles. The molecule has 1 saturated heterocycles. The second kappa shape index (κ2) is 7.65. The lowest BCUT2D eigenvalue weighted by atomic mass is 9.95. The van der Waals surface area contributed by atoms with Gasteiger partial charge in [-0.3, -0.25) is 4.79 Å².